The molecule has 3 N–H and O–H groups in total. The van der Waals surface area contributed by atoms with Crippen molar-refractivity contribution in [2.24, 2.45) is 0 Å². The Morgan fingerprint density at radius 2 is 2.00 bits per heavy atom. The monoisotopic (exact) mass is 401 g/mol. The van der Waals surface area contributed by atoms with Crippen molar-refractivity contribution in [3.8, 4) is 28.4 Å². The average Bonchev–Trinajstić information content (AvgIpc) is 3.23. The number of hydrogen-bond acceptors (Lipinski definition) is 7. The molecule has 0 fully saturated rings. The lowest BCUT2D eigenvalue weighted by Crippen LogP contribution is -2.11. The van der Waals surface area contributed by atoms with Gasteiger partial charge in [0.2, 0.25) is 0 Å². The highest BCUT2D eigenvalue weighted by molar-refractivity contribution is 5.74. The maximum atomic E-state index is 5.84. The number of anilines is 2. The number of nitrogens with zero attached hydrogens (tertiary/aromatic N) is 5. The first-order valence-corrected chi connectivity index (χ1v) is 9.57. The lowest BCUT2D eigenvalue weighted by molar-refractivity contribution is 0.416. The van der Waals surface area contributed by atoms with Crippen molar-refractivity contribution in [3.63, 3.8) is 0 Å². The van der Waals surface area contributed by atoms with Gasteiger partial charge in [-0.25, -0.2) is 15.0 Å². The molecule has 3 aromatic heterocycles. The first kappa shape index (κ1) is 19.4. The number of aryl methyl sites for hydroxylation is 1. The Morgan fingerprint density at radius 3 is 2.80 bits per heavy atom. The van der Waals surface area contributed by atoms with E-state index in [4.69, 9.17) is 10.5 Å². The molecule has 0 radical (unpaired) electrons. The molecule has 0 aliphatic heterocycles. The molecule has 8 nitrogen and oxygen atoms in total. The van der Waals surface area contributed by atoms with Crippen LogP contribution in [0.1, 0.15) is 5.56 Å². The van der Waals surface area contributed by atoms with E-state index in [1.165, 1.54) is 6.33 Å². The molecule has 30 heavy (non-hydrogen) atoms. The third-order valence-electron chi connectivity index (χ3n) is 4.83. The highest BCUT2D eigenvalue weighted by Gasteiger charge is 2.13. The van der Waals surface area contributed by atoms with Gasteiger partial charge in [-0.2, -0.15) is 0 Å². The van der Waals surface area contributed by atoms with Crippen LogP contribution in [-0.4, -0.2) is 38.2 Å². The lowest BCUT2D eigenvalue weighted by atomic mass is 10.1. The SMILES string of the molecule is COc1ccc(-c2nccn2CCNc2ccncc2C)cc1-c1cc(N)ncn1. The van der Waals surface area contributed by atoms with Crippen molar-refractivity contribution >= 4 is 11.5 Å². The van der Waals surface area contributed by atoms with Gasteiger partial charge in [-0.3, -0.25) is 4.98 Å². The van der Waals surface area contributed by atoms with Gasteiger partial charge in [0.15, 0.2) is 0 Å². The van der Waals surface area contributed by atoms with Crippen LogP contribution >= 0.6 is 0 Å². The second-order valence-corrected chi connectivity index (χ2v) is 6.80. The third kappa shape index (κ3) is 4.07. The number of pyridine rings is 1. The zero-order valence-electron chi connectivity index (χ0n) is 16.9. The van der Waals surface area contributed by atoms with Crippen LogP contribution in [0.3, 0.4) is 0 Å². The van der Waals surface area contributed by atoms with Gasteiger partial charge in [-0.1, -0.05) is 0 Å². The summed E-state index contributed by atoms with van der Waals surface area (Å²) < 4.78 is 7.64. The number of nitrogens with two attached hydrogens (primary N) is 1. The van der Waals surface area contributed by atoms with Gasteiger partial charge in [0.25, 0.3) is 0 Å². The van der Waals surface area contributed by atoms with Gasteiger partial charge in [-0.05, 0) is 36.8 Å². The summed E-state index contributed by atoms with van der Waals surface area (Å²) in [5.41, 5.74) is 10.5. The van der Waals surface area contributed by atoms with Crippen LogP contribution < -0.4 is 15.8 Å². The van der Waals surface area contributed by atoms with Crippen LogP contribution in [0.5, 0.6) is 5.75 Å². The molecule has 1 aromatic carbocycles. The Bertz CT molecular complexity index is 1160. The van der Waals surface area contributed by atoms with E-state index in [0.717, 1.165) is 41.3 Å². The van der Waals surface area contributed by atoms with Crippen LogP contribution in [0, 0.1) is 6.92 Å². The van der Waals surface area contributed by atoms with E-state index >= 15 is 0 Å². The number of hydrogen-bond donors (Lipinski definition) is 2. The number of aromatic nitrogens is 5. The fraction of sp³-hybridized carbons (Fsp3) is 0.182. The van der Waals surface area contributed by atoms with E-state index in [1.807, 2.05) is 43.6 Å². The second kappa shape index (κ2) is 8.60. The number of nitrogens with one attached hydrogen (secondary N) is 1. The highest BCUT2D eigenvalue weighted by Crippen LogP contribution is 2.33. The number of ether oxygens (including phenoxy) is 1. The topological polar surface area (TPSA) is 104 Å². The second-order valence-electron chi connectivity index (χ2n) is 6.80. The maximum absolute atomic E-state index is 5.84. The standard InChI is InChI=1S/C22H23N7O/c1-15-13-24-6-5-18(15)25-7-9-29-10-8-26-22(29)16-3-4-20(30-2)17(11-16)19-12-21(23)28-14-27-19/h3-6,8,10-14H,7,9H2,1-2H3,(H,24,25)(H2,23,27,28). The van der Waals surface area contributed by atoms with Crippen LogP contribution in [0.4, 0.5) is 11.5 Å². The summed E-state index contributed by atoms with van der Waals surface area (Å²) in [4.78, 5) is 17.0. The zero-order valence-corrected chi connectivity index (χ0v) is 16.9. The van der Waals surface area contributed by atoms with Crippen molar-refractivity contribution in [2.45, 2.75) is 13.5 Å². The van der Waals surface area contributed by atoms with Crippen LogP contribution in [0.15, 0.2) is 61.4 Å². The molecule has 0 atom stereocenters. The predicted molar refractivity (Wildman–Crippen MR) is 117 cm³/mol. The third-order valence-corrected chi connectivity index (χ3v) is 4.83. The van der Waals surface area contributed by atoms with E-state index in [2.05, 4.69) is 29.8 Å². The van der Waals surface area contributed by atoms with Gasteiger partial charge >= 0.3 is 0 Å². The van der Waals surface area contributed by atoms with Crippen molar-refractivity contribution in [2.75, 3.05) is 24.7 Å². The largest absolute Gasteiger partial charge is 0.496 e. The first-order valence-electron chi connectivity index (χ1n) is 9.57. The Kier molecular flexibility index (Phi) is 5.56. The number of nitrogen functional groups attached to an aromatic ring is 1. The highest BCUT2D eigenvalue weighted by atomic mass is 16.5. The number of benzene rings is 1. The van der Waals surface area contributed by atoms with Crippen molar-refractivity contribution in [3.05, 3.63) is 67.0 Å². The molecule has 3 heterocycles. The molecule has 0 aliphatic carbocycles. The number of imidazole rings is 1. The van der Waals surface area contributed by atoms with E-state index in [9.17, 15) is 0 Å². The fourth-order valence-electron chi connectivity index (χ4n) is 3.30. The summed E-state index contributed by atoms with van der Waals surface area (Å²) in [5, 5.41) is 3.45. The molecule has 0 aliphatic rings. The lowest BCUT2D eigenvalue weighted by Gasteiger charge is -2.13. The van der Waals surface area contributed by atoms with Crippen LogP contribution in [-0.2, 0) is 6.54 Å². The van der Waals surface area contributed by atoms with Gasteiger partial charge in [0.1, 0.15) is 23.7 Å². The summed E-state index contributed by atoms with van der Waals surface area (Å²) in [6, 6.07) is 9.63. The summed E-state index contributed by atoms with van der Waals surface area (Å²) in [5.74, 6) is 1.99. The molecule has 0 amide bonds. The summed E-state index contributed by atoms with van der Waals surface area (Å²) in [6.07, 6.45) is 8.87. The van der Waals surface area contributed by atoms with Gasteiger partial charge in [0.05, 0.1) is 12.8 Å². The van der Waals surface area contributed by atoms with Crippen LogP contribution in [0.2, 0.25) is 0 Å². The normalized spacial score (nSPS) is 10.7. The predicted octanol–water partition coefficient (Wildman–Crippen LogP) is 3.41. The molecule has 4 rings (SSSR count). The quantitative estimate of drug-likeness (QED) is 0.489. The maximum Gasteiger partial charge on any atom is 0.139 e. The van der Waals surface area contributed by atoms with Gasteiger partial charge in [-0.15, -0.1) is 0 Å². The minimum atomic E-state index is 0.409. The van der Waals surface area contributed by atoms with Crippen LogP contribution in [0.25, 0.3) is 22.6 Å². The molecule has 0 bridgehead atoms. The van der Waals surface area contributed by atoms with Gasteiger partial charge in [0, 0.05) is 60.8 Å². The van der Waals surface area contributed by atoms with Crippen molar-refractivity contribution in [1.29, 1.82) is 0 Å². The van der Waals surface area contributed by atoms with E-state index < -0.39 is 0 Å². The van der Waals surface area contributed by atoms with Crippen molar-refractivity contribution < 1.29 is 4.74 Å². The molecule has 152 valence electrons. The minimum Gasteiger partial charge on any atom is -0.496 e. The Morgan fingerprint density at radius 1 is 1.10 bits per heavy atom. The molecular weight excluding hydrogens is 378 g/mol. The molecular formula is C22H23N7O. The Balaban J connectivity index is 1.59. The molecule has 8 heteroatoms. The summed E-state index contributed by atoms with van der Waals surface area (Å²) >= 11 is 0. The fourth-order valence-corrected chi connectivity index (χ4v) is 3.30. The Labute approximate surface area is 174 Å². The molecule has 0 saturated heterocycles. The van der Waals surface area contributed by atoms with Crippen molar-refractivity contribution in [1.82, 2.24) is 24.5 Å². The minimum absolute atomic E-state index is 0.409. The number of rotatable bonds is 7. The average molecular weight is 401 g/mol. The van der Waals surface area contributed by atoms with E-state index in [0.29, 0.717) is 17.3 Å². The Hall–Kier alpha value is -3.94. The zero-order chi connectivity index (χ0) is 20.9. The molecule has 0 unspecified atom stereocenters. The number of methoxy groups -OCH3 is 1. The summed E-state index contributed by atoms with van der Waals surface area (Å²) in [6.45, 7) is 3.56. The van der Waals surface area contributed by atoms with Gasteiger partial charge < -0.3 is 20.4 Å². The van der Waals surface area contributed by atoms with E-state index in [1.54, 1.807) is 25.6 Å². The smallest absolute Gasteiger partial charge is 0.139 e. The van der Waals surface area contributed by atoms with E-state index in [-0.39, 0.29) is 0 Å². The molecule has 0 saturated carbocycles. The molecule has 0 spiro atoms. The molecule has 4 aromatic rings. The first-order chi connectivity index (χ1) is 14.7. The summed E-state index contributed by atoms with van der Waals surface area (Å²) in [7, 11) is 1.64.